The lowest BCUT2D eigenvalue weighted by Gasteiger charge is -2.22. The molecule has 0 fully saturated rings. The number of anilines is 2. The summed E-state index contributed by atoms with van der Waals surface area (Å²) in [5.74, 6) is 0.0604. The Balaban J connectivity index is 3.09. The molecule has 0 aliphatic rings. The monoisotopic (exact) mass is 324 g/mol. The zero-order chi connectivity index (χ0) is 16.2. The largest absolute Gasteiger partial charge is 0.433 e. The van der Waals surface area contributed by atoms with Gasteiger partial charge in [-0.15, -0.1) is 0 Å². The van der Waals surface area contributed by atoms with Gasteiger partial charge in [0, 0.05) is 31.5 Å². The van der Waals surface area contributed by atoms with Crippen molar-refractivity contribution in [3.05, 3.63) is 11.8 Å². The number of rotatable bonds is 6. The third kappa shape index (κ3) is 4.92. The van der Waals surface area contributed by atoms with Crippen molar-refractivity contribution in [2.75, 3.05) is 37.2 Å². The fraction of sp³-hybridized carbons (Fsp3) is 0.667. The maximum Gasteiger partial charge on any atom is 0.433 e. The van der Waals surface area contributed by atoms with Crippen molar-refractivity contribution >= 4 is 23.5 Å². The first-order chi connectivity index (χ1) is 9.68. The summed E-state index contributed by atoms with van der Waals surface area (Å²) in [5, 5.41) is 11.9. The van der Waals surface area contributed by atoms with Crippen molar-refractivity contribution in [2.24, 2.45) is 0 Å². The molecule has 0 radical (unpaired) electrons. The lowest BCUT2D eigenvalue weighted by Crippen LogP contribution is -2.32. The number of halogens is 3. The van der Waals surface area contributed by atoms with Crippen molar-refractivity contribution in [1.29, 1.82) is 0 Å². The smallest absolute Gasteiger partial charge is 0.395 e. The van der Waals surface area contributed by atoms with Crippen LogP contribution in [0.3, 0.4) is 0 Å². The van der Waals surface area contributed by atoms with E-state index in [2.05, 4.69) is 15.3 Å². The number of nitrogens with one attached hydrogen (secondary N) is 1. The summed E-state index contributed by atoms with van der Waals surface area (Å²) in [6.45, 7) is 1.67. The summed E-state index contributed by atoms with van der Waals surface area (Å²) in [4.78, 5) is 9.04. The lowest BCUT2D eigenvalue weighted by atomic mass is 10.2. The molecule has 5 nitrogen and oxygen atoms in total. The molecule has 1 aromatic heterocycles. The van der Waals surface area contributed by atoms with E-state index in [1.165, 1.54) is 16.7 Å². The van der Waals surface area contributed by atoms with Gasteiger partial charge in [0.05, 0.1) is 6.61 Å². The van der Waals surface area contributed by atoms with Crippen LogP contribution in [0.4, 0.5) is 24.9 Å². The summed E-state index contributed by atoms with van der Waals surface area (Å²) in [5.41, 5.74) is -0.999. The van der Waals surface area contributed by atoms with E-state index in [1.54, 1.807) is 21.0 Å². The standard InChI is InChI=1S/C12H19F3N4OS/c1-7(8(6-20)21-4)16-11-17-9(12(13,14)15)5-10(18-11)19(2)3/h5,7-8,20H,6H2,1-4H3,(H,16,17,18)/t7-,8-/m0/s1. The topological polar surface area (TPSA) is 61.3 Å². The Morgan fingerprint density at radius 3 is 2.43 bits per heavy atom. The van der Waals surface area contributed by atoms with Crippen LogP contribution in [0, 0.1) is 0 Å². The summed E-state index contributed by atoms with van der Waals surface area (Å²) in [7, 11) is 3.21. The van der Waals surface area contributed by atoms with Crippen LogP contribution in [0.5, 0.6) is 0 Å². The number of nitrogens with zero attached hydrogens (tertiary/aromatic N) is 3. The van der Waals surface area contributed by atoms with E-state index in [0.29, 0.717) is 0 Å². The first-order valence-corrected chi connectivity index (χ1v) is 7.51. The summed E-state index contributed by atoms with van der Waals surface area (Å²) < 4.78 is 38.6. The molecule has 2 atom stereocenters. The Hall–Kier alpha value is -1.22. The molecule has 0 saturated heterocycles. The molecule has 1 heterocycles. The molecule has 120 valence electrons. The van der Waals surface area contributed by atoms with E-state index in [1.807, 2.05) is 6.26 Å². The molecule has 21 heavy (non-hydrogen) atoms. The second kappa shape index (κ2) is 7.17. The Morgan fingerprint density at radius 2 is 2.00 bits per heavy atom. The van der Waals surface area contributed by atoms with Crippen molar-refractivity contribution in [3.8, 4) is 0 Å². The highest BCUT2D eigenvalue weighted by molar-refractivity contribution is 7.99. The van der Waals surface area contributed by atoms with Crippen LogP contribution >= 0.6 is 11.8 Å². The second-order valence-corrected chi connectivity index (χ2v) is 5.79. The van der Waals surface area contributed by atoms with Crippen LogP contribution in [0.2, 0.25) is 0 Å². The molecule has 0 spiro atoms. The average Bonchev–Trinajstić information content (AvgIpc) is 2.38. The van der Waals surface area contributed by atoms with Crippen molar-refractivity contribution in [1.82, 2.24) is 9.97 Å². The van der Waals surface area contributed by atoms with Crippen molar-refractivity contribution in [3.63, 3.8) is 0 Å². The molecule has 0 saturated carbocycles. The Labute approximate surface area is 126 Å². The highest BCUT2D eigenvalue weighted by atomic mass is 32.2. The minimum Gasteiger partial charge on any atom is -0.395 e. The van der Waals surface area contributed by atoms with E-state index >= 15 is 0 Å². The molecule has 1 aromatic rings. The first-order valence-electron chi connectivity index (χ1n) is 6.22. The zero-order valence-electron chi connectivity index (χ0n) is 12.3. The van der Waals surface area contributed by atoms with E-state index in [9.17, 15) is 18.3 Å². The Morgan fingerprint density at radius 1 is 1.38 bits per heavy atom. The maximum atomic E-state index is 12.9. The van der Waals surface area contributed by atoms with E-state index in [0.717, 1.165) is 6.07 Å². The molecule has 9 heteroatoms. The molecule has 0 unspecified atom stereocenters. The quantitative estimate of drug-likeness (QED) is 0.835. The van der Waals surface area contributed by atoms with E-state index in [4.69, 9.17) is 0 Å². The summed E-state index contributed by atoms with van der Waals surface area (Å²) in [6, 6.07) is 0.622. The fourth-order valence-corrected chi connectivity index (χ4v) is 2.23. The lowest BCUT2D eigenvalue weighted by molar-refractivity contribution is -0.141. The van der Waals surface area contributed by atoms with Gasteiger partial charge in [-0.1, -0.05) is 0 Å². The van der Waals surface area contributed by atoms with Gasteiger partial charge in [-0.25, -0.2) is 4.98 Å². The molecule has 0 aromatic carbocycles. The van der Waals surface area contributed by atoms with Gasteiger partial charge in [-0.2, -0.15) is 29.9 Å². The number of aromatic nitrogens is 2. The van der Waals surface area contributed by atoms with Gasteiger partial charge in [-0.3, -0.25) is 0 Å². The molecular weight excluding hydrogens is 305 g/mol. The summed E-state index contributed by atoms with van der Waals surface area (Å²) >= 11 is 1.42. The van der Waals surface area contributed by atoms with Crippen LogP contribution in [-0.2, 0) is 6.18 Å². The number of thioether (sulfide) groups is 1. The van der Waals surface area contributed by atoms with Crippen LogP contribution in [0.15, 0.2) is 6.07 Å². The van der Waals surface area contributed by atoms with Gasteiger partial charge in [0.2, 0.25) is 5.95 Å². The van der Waals surface area contributed by atoms with E-state index in [-0.39, 0.29) is 29.7 Å². The van der Waals surface area contributed by atoms with Crippen LogP contribution in [0.25, 0.3) is 0 Å². The van der Waals surface area contributed by atoms with Gasteiger partial charge in [0.25, 0.3) is 0 Å². The van der Waals surface area contributed by atoms with E-state index < -0.39 is 11.9 Å². The van der Waals surface area contributed by atoms with Crippen molar-refractivity contribution < 1.29 is 18.3 Å². The molecule has 0 amide bonds. The van der Waals surface area contributed by atoms with Gasteiger partial charge in [-0.05, 0) is 13.2 Å². The van der Waals surface area contributed by atoms with Gasteiger partial charge < -0.3 is 15.3 Å². The van der Waals surface area contributed by atoms with Crippen LogP contribution in [0.1, 0.15) is 12.6 Å². The third-order valence-corrected chi connectivity index (χ3v) is 4.02. The number of alkyl halides is 3. The fourth-order valence-electron chi connectivity index (χ4n) is 1.61. The number of aliphatic hydroxyl groups is 1. The molecule has 1 rings (SSSR count). The molecule has 0 aliphatic carbocycles. The number of aliphatic hydroxyl groups excluding tert-OH is 1. The van der Waals surface area contributed by atoms with Gasteiger partial charge in [0.1, 0.15) is 5.82 Å². The highest BCUT2D eigenvalue weighted by Gasteiger charge is 2.34. The molecule has 0 bridgehead atoms. The zero-order valence-corrected chi connectivity index (χ0v) is 13.1. The Kier molecular flexibility index (Phi) is 6.09. The molecule has 2 N–H and O–H groups in total. The first kappa shape index (κ1) is 17.8. The van der Waals surface area contributed by atoms with Gasteiger partial charge in [0.15, 0.2) is 5.69 Å². The number of hydrogen-bond acceptors (Lipinski definition) is 6. The summed E-state index contributed by atoms with van der Waals surface area (Å²) in [6.07, 6.45) is -2.72. The van der Waals surface area contributed by atoms with Crippen LogP contribution < -0.4 is 10.2 Å². The van der Waals surface area contributed by atoms with Crippen molar-refractivity contribution in [2.45, 2.75) is 24.4 Å². The predicted molar refractivity (Wildman–Crippen MR) is 78.8 cm³/mol. The molecular formula is C12H19F3N4OS. The highest BCUT2D eigenvalue weighted by Crippen LogP contribution is 2.30. The third-order valence-electron chi connectivity index (χ3n) is 2.86. The SMILES string of the molecule is CS[C@@H](CO)[C@H](C)Nc1nc(N(C)C)cc(C(F)(F)F)n1. The normalized spacial score (nSPS) is 14.7. The Bertz CT molecular complexity index is 466. The van der Waals surface area contributed by atoms with Gasteiger partial charge >= 0.3 is 6.18 Å². The number of hydrogen-bond donors (Lipinski definition) is 2. The van der Waals surface area contributed by atoms with Crippen LogP contribution in [-0.4, -0.2) is 53.3 Å². The minimum atomic E-state index is -4.54. The maximum absolute atomic E-state index is 12.9. The predicted octanol–water partition coefficient (Wildman–Crippen LogP) is 2.09. The molecule has 0 aliphatic heterocycles. The minimum absolute atomic E-state index is 0.0885. The second-order valence-electron chi connectivity index (χ2n) is 4.72. The average molecular weight is 324 g/mol.